The summed E-state index contributed by atoms with van der Waals surface area (Å²) in [4.78, 5) is 180. The Morgan fingerprint density at radius 3 is 0.855 bits per heavy atom. The van der Waals surface area contributed by atoms with E-state index in [4.69, 9.17) is 0 Å². The summed E-state index contributed by atoms with van der Waals surface area (Å²) in [5.41, 5.74) is 6.65. The normalized spacial score (nSPS) is 12.3. The molecule has 654 valence electrons. The van der Waals surface area contributed by atoms with Crippen LogP contribution in [0.15, 0.2) is 391 Å². The fraction of sp³-hybridized carbons (Fsp3) is 0. The number of benzene rings is 17. The molecule has 0 radical (unpaired) electrons. The quantitative estimate of drug-likeness (QED) is 0.0501. The Hall–Kier alpha value is -19.7. The number of pyridine rings is 5. The number of amides is 8. The van der Waals surface area contributed by atoms with E-state index in [1.165, 1.54) is 34.3 Å². The van der Waals surface area contributed by atoms with Crippen molar-refractivity contribution < 1.29 is 38.4 Å². The molecular weight excluding hydrogens is 1730 g/mol. The minimum absolute atomic E-state index is 0.108. The van der Waals surface area contributed by atoms with Crippen LogP contribution in [0.3, 0.4) is 0 Å². The van der Waals surface area contributed by atoms with Gasteiger partial charge in [-0.25, -0.2) is 18.9 Å². The third kappa shape index (κ3) is 13.7. The first-order valence-corrected chi connectivity index (χ1v) is 43.7. The van der Waals surface area contributed by atoms with Gasteiger partial charge in [-0.1, -0.05) is 152 Å². The Morgan fingerprint density at radius 1 is 0.210 bits per heavy atom. The van der Waals surface area contributed by atoms with Crippen LogP contribution in [0.1, 0.15) is 82.9 Å². The molecule has 0 fully saturated rings. The highest BCUT2D eigenvalue weighted by Crippen LogP contribution is 2.49. The number of nitrogens with one attached hydrogen (secondary N) is 4. The SMILES string of the molecule is O=C(Nc1ccc2ccc3c(NC(=O)c4ccncc4)ccc4ccc1c2c43)c1ccncc1.O=C(Nc1ccccc1)c1ccc2ccc3c(C(=O)Nc4ccncc4)ccc4ccc1c2c43.O=C1c2ccc3c4ccc5c6c(ccc(c7ccc(c2c37)C(=O)N1c1ccccc1)c64)C(=O)N(c1ccncc1)C5=O.O=c1c2cc3c(=O)n(-c4ccncc4)c(=O)c3cc2c(=O)n1-c1ccccc1. The Bertz CT molecular complexity index is 8750. The van der Waals surface area contributed by atoms with Gasteiger partial charge in [0.15, 0.2) is 0 Å². The summed E-state index contributed by atoms with van der Waals surface area (Å²) in [6.45, 7) is 0. The number of rotatable bonds is 12. The third-order valence-corrected chi connectivity index (χ3v) is 25.6. The molecule has 0 saturated heterocycles. The Morgan fingerprint density at radius 2 is 0.486 bits per heavy atom. The number of nitrogens with zero attached hydrogens (tertiary/aromatic N) is 9. The number of carbonyl (C=O) groups is 8. The maximum Gasteiger partial charge on any atom is 0.266 e. The van der Waals surface area contributed by atoms with Gasteiger partial charge in [-0.05, 0) is 244 Å². The average Bonchev–Trinajstić information content (AvgIpc) is 1.59. The van der Waals surface area contributed by atoms with Gasteiger partial charge in [0.1, 0.15) is 0 Å². The first-order valence-electron chi connectivity index (χ1n) is 43.7. The van der Waals surface area contributed by atoms with Crippen LogP contribution in [0.4, 0.5) is 34.1 Å². The number of para-hydroxylation sites is 3. The maximum atomic E-state index is 13.8. The highest BCUT2D eigenvalue weighted by atomic mass is 16.2. The van der Waals surface area contributed by atoms with Crippen molar-refractivity contribution in [3.8, 4) is 11.4 Å². The molecule has 8 amide bonds. The van der Waals surface area contributed by atoms with Gasteiger partial charge >= 0.3 is 0 Å². The summed E-state index contributed by atoms with van der Waals surface area (Å²) in [6, 6.07) is 92.5. The molecule has 4 N–H and O–H groups in total. The lowest BCUT2D eigenvalue weighted by Crippen LogP contribution is -2.40. The van der Waals surface area contributed by atoms with Crippen LogP contribution in [0.25, 0.3) is 141 Å². The first kappa shape index (κ1) is 82.7. The van der Waals surface area contributed by atoms with E-state index in [0.29, 0.717) is 83.7 Å². The topological polar surface area (TPSA) is 334 Å². The predicted octanol–water partition coefficient (Wildman–Crippen LogP) is 20.4. The molecule has 25 nitrogen and oxygen atoms in total. The fourth-order valence-corrected chi connectivity index (χ4v) is 19.3. The van der Waals surface area contributed by atoms with Gasteiger partial charge in [0.05, 0.1) is 44.3 Å². The largest absolute Gasteiger partial charge is 0.322 e. The van der Waals surface area contributed by atoms with Crippen LogP contribution in [0, 0.1) is 0 Å². The number of imide groups is 2. The van der Waals surface area contributed by atoms with Crippen molar-refractivity contribution in [1.29, 1.82) is 0 Å². The van der Waals surface area contributed by atoms with Crippen molar-refractivity contribution in [2.75, 3.05) is 31.1 Å². The summed E-state index contributed by atoms with van der Waals surface area (Å²) in [5.74, 6) is -2.26. The van der Waals surface area contributed by atoms with Crippen molar-refractivity contribution in [2.45, 2.75) is 0 Å². The molecular formula is C113H65N13O12. The van der Waals surface area contributed by atoms with E-state index in [-0.39, 0.29) is 57.0 Å². The lowest BCUT2D eigenvalue weighted by atomic mass is 9.82. The highest BCUT2D eigenvalue weighted by molar-refractivity contribution is 6.46. The lowest BCUT2D eigenvalue weighted by Gasteiger charge is -2.30. The first-order chi connectivity index (χ1) is 67.5. The number of aromatic nitrogens is 7. The molecule has 2 aliphatic rings. The molecule has 26 rings (SSSR count). The van der Waals surface area contributed by atoms with Gasteiger partial charge in [-0.15, -0.1) is 0 Å². The zero-order valence-electron chi connectivity index (χ0n) is 72.1. The molecule has 17 aromatic carbocycles. The number of hydrogen-bond donors (Lipinski definition) is 4. The van der Waals surface area contributed by atoms with Crippen LogP contribution < -0.4 is 53.3 Å². The molecule has 0 saturated carbocycles. The number of hydrogen-bond acceptors (Lipinski definition) is 17. The van der Waals surface area contributed by atoms with Gasteiger partial charge in [0, 0.05) is 151 Å². The lowest BCUT2D eigenvalue weighted by molar-refractivity contribution is 0.0877. The summed E-state index contributed by atoms with van der Waals surface area (Å²) in [7, 11) is 0. The monoisotopic (exact) mass is 1800 g/mol. The second-order valence-electron chi connectivity index (χ2n) is 33.1. The predicted molar refractivity (Wildman–Crippen MR) is 537 cm³/mol. The van der Waals surface area contributed by atoms with Crippen LogP contribution in [-0.2, 0) is 0 Å². The van der Waals surface area contributed by atoms with Crippen molar-refractivity contribution >= 4 is 211 Å². The van der Waals surface area contributed by atoms with E-state index in [9.17, 15) is 57.5 Å². The summed E-state index contributed by atoms with van der Waals surface area (Å²) >= 11 is 0. The number of carbonyl (C=O) groups excluding carboxylic acids is 8. The Labute approximate surface area is 778 Å². The van der Waals surface area contributed by atoms with Crippen LogP contribution in [0.2, 0.25) is 0 Å². The van der Waals surface area contributed by atoms with Gasteiger partial charge in [0.2, 0.25) is 0 Å². The van der Waals surface area contributed by atoms with Crippen molar-refractivity contribution in [3.63, 3.8) is 0 Å². The minimum atomic E-state index is -0.535. The van der Waals surface area contributed by atoms with E-state index < -0.39 is 34.1 Å². The van der Waals surface area contributed by atoms with Gasteiger partial charge in [0.25, 0.3) is 69.5 Å². The van der Waals surface area contributed by atoms with Crippen LogP contribution in [0.5, 0.6) is 0 Å². The maximum absolute atomic E-state index is 13.8. The zero-order chi connectivity index (χ0) is 93.8. The molecule has 138 heavy (non-hydrogen) atoms. The van der Waals surface area contributed by atoms with E-state index in [0.717, 1.165) is 123 Å². The van der Waals surface area contributed by atoms with Crippen molar-refractivity contribution in [1.82, 2.24) is 34.1 Å². The molecule has 0 unspecified atom stereocenters. The molecule has 0 aliphatic carbocycles. The van der Waals surface area contributed by atoms with Gasteiger partial charge in [-0.2, -0.15) is 0 Å². The van der Waals surface area contributed by atoms with Gasteiger partial charge < -0.3 is 21.3 Å². The van der Waals surface area contributed by atoms with Gasteiger partial charge in [-0.3, -0.25) is 82.5 Å². The van der Waals surface area contributed by atoms with E-state index in [1.54, 1.807) is 189 Å². The molecule has 0 atom stereocenters. The number of anilines is 6. The summed E-state index contributed by atoms with van der Waals surface area (Å²) in [6.07, 6.45) is 15.7. The van der Waals surface area contributed by atoms with Crippen LogP contribution >= 0.6 is 0 Å². The molecule has 0 bridgehead atoms. The second kappa shape index (κ2) is 33.3. The molecule has 9 heterocycles. The molecule has 24 aromatic rings. The third-order valence-electron chi connectivity index (χ3n) is 25.6. The molecule has 25 heteroatoms. The molecule has 7 aromatic heterocycles. The molecule has 2 aliphatic heterocycles. The minimum Gasteiger partial charge on any atom is -0.322 e. The fourth-order valence-electron chi connectivity index (χ4n) is 19.3. The Balaban J connectivity index is 0.000000104. The molecule has 0 spiro atoms. The standard InChI is InChI=1S/C35H17N3O4.C29H19N3O2.C28H18N4O2.C21H11N3O4/c39-32-24-10-6-20-22-8-12-26-31-27(35(42)38(34(26)41)19-14-16-36-17-15-19)13-9-23(29(22)31)21-7-11-25(30(24)28(20)21)33(40)37(32)18-4-2-1-3-5-18;33-28(31-20-4-2-1-3-5-20)24-12-8-18-7-11-23-25(29(34)32-21-14-16-30-17-15-21)13-9-19-6-10-22(24)26(18)27(19)23;33-27(19-9-13-29-14-10-19)31-23-8-4-18-2-6-22-24(32-28(34)20-11-15-30-16-12-20)7-3-17-1-5-21(23)26(18)25(17)22;25-18-14-10-16-17(21(28)24(20(16)27)13-6-8-22-9-7-13)11-15(14)19(26)23(18)12-4-2-1-3-5-12/h1-17H;1-17H,(H,31,33)(H,30,32,34);1-16H,(H,31,33)(H,32,34);1-11H. The highest BCUT2D eigenvalue weighted by Gasteiger charge is 2.39. The van der Waals surface area contributed by atoms with Crippen LogP contribution in [-0.4, -0.2) is 81.3 Å². The van der Waals surface area contributed by atoms with Crippen molar-refractivity contribution in [2.24, 2.45) is 0 Å². The van der Waals surface area contributed by atoms with E-state index in [1.807, 2.05) is 158 Å². The van der Waals surface area contributed by atoms with E-state index >= 15 is 0 Å². The smallest absolute Gasteiger partial charge is 0.266 e. The second-order valence-corrected chi connectivity index (χ2v) is 33.1. The van der Waals surface area contributed by atoms with Crippen molar-refractivity contribution in [3.05, 3.63) is 457 Å². The Kier molecular flexibility index (Phi) is 20.0. The van der Waals surface area contributed by atoms with E-state index in [2.05, 4.69) is 46.2 Å². The summed E-state index contributed by atoms with van der Waals surface area (Å²) in [5, 5.41) is 30.6. The summed E-state index contributed by atoms with van der Waals surface area (Å²) < 4.78 is 2.07. The average molecular weight is 1800 g/mol. The zero-order valence-corrected chi connectivity index (χ0v) is 72.1. The number of fused-ring (bicyclic) bond motifs is 4.